The second-order valence-corrected chi connectivity index (χ2v) is 8.52. The number of carbonyl (C=O) groups excluding carboxylic acids is 2. The summed E-state index contributed by atoms with van der Waals surface area (Å²) < 4.78 is 11.0. The van der Waals surface area contributed by atoms with Gasteiger partial charge in [0.1, 0.15) is 5.75 Å². The topological polar surface area (TPSA) is 55.8 Å². The first kappa shape index (κ1) is 22.4. The van der Waals surface area contributed by atoms with E-state index in [1.807, 2.05) is 38.1 Å². The molecule has 3 rings (SSSR count). The molecule has 2 aromatic rings. The molecule has 0 aromatic heterocycles. The highest BCUT2D eigenvalue weighted by molar-refractivity contribution is 8.04. The van der Waals surface area contributed by atoms with Gasteiger partial charge in [-0.25, -0.2) is 0 Å². The summed E-state index contributed by atoms with van der Waals surface area (Å²) in [5.74, 6) is -0.0660. The number of hydrogen-bond acceptors (Lipinski definition) is 5. The number of halogens is 1. The van der Waals surface area contributed by atoms with Crippen LogP contribution in [-0.2, 0) is 14.3 Å². The number of thioether (sulfide) groups is 1. The Morgan fingerprint density at radius 3 is 2.40 bits per heavy atom. The summed E-state index contributed by atoms with van der Waals surface area (Å²) >= 11 is 7.25. The van der Waals surface area contributed by atoms with Crippen molar-refractivity contribution in [2.24, 2.45) is 0 Å². The van der Waals surface area contributed by atoms with E-state index in [1.165, 1.54) is 16.7 Å². The molecule has 2 amide bonds. The fourth-order valence-corrected chi connectivity index (χ4v) is 4.23. The maximum atomic E-state index is 13.3. The Hall–Kier alpha value is -2.28. The Morgan fingerprint density at radius 1 is 1.03 bits per heavy atom. The number of nitrogens with zero attached hydrogens (tertiary/aromatic N) is 1. The van der Waals surface area contributed by atoms with Gasteiger partial charge in [-0.1, -0.05) is 41.6 Å². The number of methoxy groups -OCH3 is 1. The van der Waals surface area contributed by atoms with Crippen molar-refractivity contribution < 1.29 is 19.1 Å². The smallest absolute Gasteiger partial charge is 0.268 e. The lowest BCUT2D eigenvalue weighted by molar-refractivity contribution is -0.136. The van der Waals surface area contributed by atoms with Crippen molar-refractivity contribution in [3.05, 3.63) is 64.0 Å². The summed E-state index contributed by atoms with van der Waals surface area (Å²) in [7, 11) is 1.55. The van der Waals surface area contributed by atoms with Gasteiger partial charge in [-0.05, 0) is 50.6 Å². The molecular weight excluding hydrogens is 422 g/mol. The first-order valence-corrected chi connectivity index (χ1v) is 10.9. The quantitative estimate of drug-likeness (QED) is 0.400. The molecule has 0 bridgehead atoms. The third kappa shape index (κ3) is 5.06. The normalized spacial score (nSPS) is 14.2. The largest absolute Gasteiger partial charge is 0.496 e. The molecule has 0 spiro atoms. The summed E-state index contributed by atoms with van der Waals surface area (Å²) in [4.78, 5) is 29.0. The maximum absolute atomic E-state index is 13.3. The highest BCUT2D eigenvalue weighted by atomic mass is 35.5. The van der Waals surface area contributed by atoms with Crippen molar-refractivity contribution in [3.8, 4) is 5.75 Å². The molecule has 1 aliphatic rings. The molecule has 0 atom stereocenters. The van der Waals surface area contributed by atoms with E-state index < -0.39 is 0 Å². The van der Waals surface area contributed by atoms with E-state index in [0.717, 1.165) is 4.90 Å². The second kappa shape index (κ2) is 10.2. The maximum Gasteiger partial charge on any atom is 0.268 e. The zero-order valence-electron chi connectivity index (χ0n) is 17.2. The Bertz CT molecular complexity index is 956. The van der Waals surface area contributed by atoms with Gasteiger partial charge >= 0.3 is 0 Å². The lowest BCUT2D eigenvalue weighted by Crippen LogP contribution is -2.33. The highest BCUT2D eigenvalue weighted by Crippen LogP contribution is 2.42. The van der Waals surface area contributed by atoms with E-state index in [4.69, 9.17) is 21.1 Å². The number of carbonyl (C=O) groups is 2. The number of ether oxygens (including phenoxy) is 2. The molecule has 0 saturated heterocycles. The minimum atomic E-state index is -0.314. The molecule has 30 heavy (non-hydrogen) atoms. The van der Waals surface area contributed by atoms with Crippen molar-refractivity contribution in [1.82, 2.24) is 4.90 Å². The lowest BCUT2D eigenvalue weighted by Gasteiger charge is -2.16. The van der Waals surface area contributed by atoms with Gasteiger partial charge in [-0.2, -0.15) is 0 Å². The fraction of sp³-hybridized carbons (Fsp3) is 0.304. The monoisotopic (exact) mass is 445 g/mol. The first-order valence-electron chi connectivity index (χ1n) is 9.71. The van der Waals surface area contributed by atoms with Gasteiger partial charge in [0, 0.05) is 28.6 Å². The Kier molecular flexibility index (Phi) is 7.58. The van der Waals surface area contributed by atoms with Crippen LogP contribution in [0.1, 0.15) is 25.8 Å². The third-order valence-electron chi connectivity index (χ3n) is 4.51. The van der Waals surface area contributed by atoms with E-state index in [1.54, 1.807) is 31.4 Å². The Balaban J connectivity index is 1.94. The van der Waals surface area contributed by atoms with Crippen LogP contribution in [0.15, 0.2) is 58.3 Å². The van der Waals surface area contributed by atoms with Crippen LogP contribution in [0.5, 0.6) is 5.75 Å². The molecule has 0 unspecified atom stereocenters. The summed E-state index contributed by atoms with van der Waals surface area (Å²) in [6, 6.07) is 14.4. The second-order valence-electron chi connectivity index (χ2n) is 7.00. The molecule has 158 valence electrons. The Morgan fingerprint density at radius 2 is 1.73 bits per heavy atom. The summed E-state index contributed by atoms with van der Waals surface area (Å²) in [6.45, 7) is 4.69. The van der Waals surface area contributed by atoms with Crippen molar-refractivity contribution in [1.29, 1.82) is 0 Å². The van der Waals surface area contributed by atoms with Crippen LogP contribution >= 0.6 is 23.4 Å². The van der Waals surface area contributed by atoms with E-state index in [9.17, 15) is 9.59 Å². The van der Waals surface area contributed by atoms with E-state index in [0.29, 0.717) is 46.4 Å². The van der Waals surface area contributed by atoms with Crippen LogP contribution in [0, 0.1) is 0 Å². The predicted octanol–water partition coefficient (Wildman–Crippen LogP) is 5.04. The van der Waals surface area contributed by atoms with Gasteiger partial charge in [0.05, 0.1) is 23.7 Å². The van der Waals surface area contributed by atoms with E-state index in [2.05, 4.69) is 0 Å². The molecule has 0 radical (unpaired) electrons. The van der Waals surface area contributed by atoms with Gasteiger partial charge in [-0.3, -0.25) is 14.5 Å². The van der Waals surface area contributed by atoms with Gasteiger partial charge < -0.3 is 9.47 Å². The van der Waals surface area contributed by atoms with Gasteiger partial charge in [0.2, 0.25) is 0 Å². The number of benzene rings is 2. The molecule has 1 heterocycles. The molecule has 0 aliphatic carbocycles. The molecule has 0 saturated carbocycles. The van der Waals surface area contributed by atoms with Crippen molar-refractivity contribution in [3.63, 3.8) is 0 Å². The van der Waals surface area contributed by atoms with Gasteiger partial charge in [-0.15, -0.1) is 0 Å². The fourth-order valence-electron chi connectivity index (χ4n) is 3.10. The number of rotatable bonds is 9. The number of hydrogen-bond donors (Lipinski definition) is 0. The number of amides is 2. The van der Waals surface area contributed by atoms with E-state index >= 15 is 0 Å². The van der Waals surface area contributed by atoms with Crippen LogP contribution in [0.4, 0.5) is 0 Å². The number of imide groups is 1. The van der Waals surface area contributed by atoms with Crippen molar-refractivity contribution >= 4 is 40.8 Å². The zero-order chi connectivity index (χ0) is 21.7. The van der Waals surface area contributed by atoms with Crippen LogP contribution in [0.2, 0.25) is 5.02 Å². The van der Waals surface area contributed by atoms with Crippen molar-refractivity contribution in [2.75, 3.05) is 20.3 Å². The van der Waals surface area contributed by atoms with Crippen LogP contribution in [0.25, 0.3) is 5.57 Å². The average Bonchev–Trinajstić information content (AvgIpc) is 2.96. The predicted molar refractivity (Wildman–Crippen MR) is 120 cm³/mol. The summed E-state index contributed by atoms with van der Waals surface area (Å²) in [5, 5.41) is 0.610. The molecule has 0 fully saturated rings. The lowest BCUT2D eigenvalue weighted by atomic mass is 10.1. The number of para-hydroxylation sites is 1. The zero-order valence-corrected chi connectivity index (χ0v) is 18.8. The minimum Gasteiger partial charge on any atom is -0.496 e. The van der Waals surface area contributed by atoms with Crippen LogP contribution < -0.4 is 4.74 Å². The highest BCUT2D eigenvalue weighted by Gasteiger charge is 2.40. The SMILES string of the molecule is COc1ccccc1C1=C(Sc2ccc(Cl)cc2)C(=O)N(CCCOC(C)C)C1=O. The molecule has 1 aliphatic heterocycles. The standard InChI is InChI=1S/C23H24ClNO4S/c1-15(2)29-14-6-13-25-22(26)20(18-7-4-5-8-19(18)28-3)21(23(25)27)30-17-11-9-16(24)10-12-17/h4-5,7-12,15H,6,13-14H2,1-3H3. The van der Waals surface area contributed by atoms with Gasteiger partial charge in [0.15, 0.2) is 0 Å². The average molecular weight is 446 g/mol. The molecule has 5 nitrogen and oxygen atoms in total. The molecular formula is C23H24ClNO4S. The summed E-state index contributed by atoms with van der Waals surface area (Å²) in [5.41, 5.74) is 0.970. The summed E-state index contributed by atoms with van der Waals surface area (Å²) in [6.07, 6.45) is 0.682. The van der Waals surface area contributed by atoms with Crippen LogP contribution in [0.3, 0.4) is 0 Å². The molecule has 0 N–H and O–H groups in total. The molecule has 7 heteroatoms. The van der Waals surface area contributed by atoms with E-state index in [-0.39, 0.29) is 17.9 Å². The minimum absolute atomic E-state index is 0.105. The molecule has 2 aromatic carbocycles. The van der Waals surface area contributed by atoms with Crippen LogP contribution in [-0.4, -0.2) is 43.1 Å². The van der Waals surface area contributed by atoms with Gasteiger partial charge in [0.25, 0.3) is 11.8 Å². The Labute approximate surface area is 186 Å². The van der Waals surface area contributed by atoms with Crippen molar-refractivity contribution in [2.45, 2.75) is 31.3 Å². The first-order chi connectivity index (χ1) is 14.4. The third-order valence-corrected chi connectivity index (χ3v) is 5.86.